The number of carbonyl (C=O) groups excluding carboxylic acids is 5. The van der Waals surface area contributed by atoms with Gasteiger partial charge in [0.15, 0.2) is 17.3 Å². The smallest absolute Gasteiger partial charge is 0.340 e. The number of esters is 2. The average Bonchev–Trinajstić information content (AvgIpc) is 2.82. The number of aromatic carboxylic acids is 1. The van der Waals surface area contributed by atoms with E-state index < -0.39 is 41.1 Å². The van der Waals surface area contributed by atoms with Gasteiger partial charge in [0, 0.05) is 18.2 Å². The number of hydrogen-bond acceptors (Lipinski definition) is 10. The van der Waals surface area contributed by atoms with Crippen molar-refractivity contribution in [2.24, 2.45) is 5.10 Å². The number of benzene rings is 2. The maximum absolute atomic E-state index is 12.7. The Kier molecular flexibility index (Phi) is 8.53. The molecule has 12 heteroatoms. The van der Waals surface area contributed by atoms with Gasteiger partial charge < -0.3 is 19.9 Å². The molecule has 12 nitrogen and oxygen atoms in total. The monoisotopic (exact) mass is 483 g/mol. The summed E-state index contributed by atoms with van der Waals surface area (Å²) in [6.07, 6.45) is 0. The number of methoxy groups -OCH3 is 2. The summed E-state index contributed by atoms with van der Waals surface area (Å²) < 4.78 is 9.32. The van der Waals surface area contributed by atoms with Crippen LogP contribution in [-0.4, -0.2) is 60.4 Å². The molecule has 2 aromatic carbocycles. The van der Waals surface area contributed by atoms with E-state index in [4.69, 9.17) is 0 Å². The molecule has 0 spiro atoms. The van der Waals surface area contributed by atoms with E-state index in [0.29, 0.717) is 0 Å². The molecular formula is C23H21N3O9. The van der Waals surface area contributed by atoms with Crippen LogP contribution in [0.1, 0.15) is 55.3 Å². The second kappa shape index (κ2) is 11.3. The summed E-state index contributed by atoms with van der Waals surface area (Å²) in [5.41, 5.74) is 1.42. The van der Waals surface area contributed by atoms with Gasteiger partial charge in [-0.15, -0.1) is 0 Å². The zero-order valence-electron chi connectivity index (χ0n) is 19.1. The minimum absolute atomic E-state index is 0.0296. The largest absolute Gasteiger partial charge is 0.478 e. The van der Waals surface area contributed by atoms with Crippen LogP contribution >= 0.6 is 0 Å². The summed E-state index contributed by atoms with van der Waals surface area (Å²) in [5, 5.41) is 15.3. The van der Waals surface area contributed by atoms with E-state index in [1.54, 1.807) is 0 Å². The number of hydrazone groups is 1. The highest BCUT2D eigenvalue weighted by atomic mass is 16.5. The number of hydrogen-bond donors (Lipinski definition) is 3. The summed E-state index contributed by atoms with van der Waals surface area (Å²) in [6.45, 7) is 2.28. The molecule has 35 heavy (non-hydrogen) atoms. The molecule has 3 N–H and O–H groups in total. The predicted molar refractivity (Wildman–Crippen MR) is 123 cm³/mol. The molecule has 0 aromatic heterocycles. The van der Waals surface area contributed by atoms with Crippen molar-refractivity contribution in [3.8, 4) is 0 Å². The molecule has 0 aliphatic carbocycles. The first kappa shape index (κ1) is 26.4. The maximum Gasteiger partial charge on any atom is 0.340 e. The predicted octanol–water partition coefficient (Wildman–Crippen LogP) is 2.16. The van der Waals surface area contributed by atoms with Crippen molar-refractivity contribution in [1.82, 2.24) is 0 Å². The third-order valence-corrected chi connectivity index (χ3v) is 4.53. The van der Waals surface area contributed by atoms with Crippen molar-refractivity contribution < 1.29 is 43.3 Å². The molecule has 0 heterocycles. The fourth-order valence-corrected chi connectivity index (χ4v) is 2.79. The van der Waals surface area contributed by atoms with Gasteiger partial charge in [-0.05, 0) is 43.3 Å². The van der Waals surface area contributed by atoms with Gasteiger partial charge in [-0.2, -0.15) is 5.10 Å². The van der Waals surface area contributed by atoms with Crippen molar-refractivity contribution >= 4 is 52.5 Å². The summed E-state index contributed by atoms with van der Waals surface area (Å²) in [7, 11) is 2.30. The summed E-state index contributed by atoms with van der Waals surface area (Å²) in [6, 6.07) is 7.29. The van der Waals surface area contributed by atoms with Gasteiger partial charge in [0.1, 0.15) is 0 Å². The first-order chi connectivity index (χ1) is 16.5. The number of ketones is 2. The minimum Gasteiger partial charge on any atom is -0.478 e. The number of nitrogens with zero attached hydrogens (tertiary/aromatic N) is 1. The fourth-order valence-electron chi connectivity index (χ4n) is 2.79. The van der Waals surface area contributed by atoms with Crippen LogP contribution in [0.4, 0.5) is 11.4 Å². The molecule has 0 atom stereocenters. The zero-order chi connectivity index (χ0) is 26.3. The summed E-state index contributed by atoms with van der Waals surface area (Å²) in [4.78, 5) is 71.8. The van der Waals surface area contributed by atoms with Crippen LogP contribution in [0.2, 0.25) is 0 Å². The minimum atomic E-state index is -1.33. The topological polar surface area (TPSA) is 178 Å². The fraction of sp³-hybridized carbons (Fsp3) is 0.174. The van der Waals surface area contributed by atoms with Gasteiger partial charge in [-0.1, -0.05) is 0 Å². The van der Waals surface area contributed by atoms with Crippen molar-refractivity contribution in [2.45, 2.75) is 13.8 Å². The third kappa shape index (κ3) is 6.57. The number of carboxylic acid groups (broad SMARTS) is 1. The lowest BCUT2D eigenvalue weighted by Crippen LogP contribution is -2.29. The van der Waals surface area contributed by atoms with Crippen LogP contribution < -0.4 is 10.7 Å². The molecule has 0 aliphatic heterocycles. The molecular weight excluding hydrogens is 462 g/mol. The molecule has 0 radical (unpaired) electrons. The first-order valence-electron chi connectivity index (χ1n) is 9.84. The van der Waals surface area contributed by atoms with E-state index in [9.17, 15) is 33.9 Å². The van der Waals surface area contributed by atoms with Crippen molar-refractivity contribution in [2.75, 3.05) is 25.0 Å². The van der Waals surface area contributed by atoms with Gasteiger partial charge >= 0.3 is 17.9 Å². The van der Waals surface area contributed by atoms with Crippen LogP contribution in [0.3, 0.4) is 0 Å². The Bertz CT molecular complexity index is 1230. The SMILES string of the molecule is COC(=O)c1ccc(C(=O)OC)c(N/N=C(/C(C)=O)C(=O)Nc2cc(C(C)=O)cc(C(=O)O)c2)c1. The lowest BCUT2D eigenvalue weighted by molar-refractivity contribution is -0.114. The molecule has 0 fully saturated rings. The Hall–Kier alpha value is -4.87. The van der Waals surface area contributed by atoms with E-state index in [0.717, 1.165) is 33.3 Å². The second-order valence-corrected chi connectivity index (χ2v) is 6.99. The number of ether oxygens (including phenoxy) is 2. The maximum atomic E-state index is 12.7. The van der Waals surface area contributed by atoms with Gasteiger partial charge in [0.2, 0.25) is 0 Å². The first-order valence-corrected chi connectivity index (χ1v) is 9.84. The molecule has 2 rings (SSSR count). The number of carbonyl (C=O) groups is 6. The summed E-state index contributed by atoms with van der Waals surface area (Å²) in [5.74, 6) is -5.06. The van der Waals surface area contributed by atoms with E-state index in [1.165, 1.54) is 31.2 Å². The Balaban J connectivity index is 2.44. The highest BCUT2D eigenvalue weighted by Crippen LogP contribution is 2.20. The zero-order valence-corrected chi connectivity index (χ0v) is 19.1. The number of amides is 1. The molecule has 0 saturated heterocycles. The van der Waals surface area contributed by atoms with Crippen molar-refractivity contribution in [1.29, 1.82) is 0 Å². The Morgan fingerprint density at radius 1 is 0.829 bits per heavy atom. The standard InChI is InChI=1S/C23H21N3O9/c1-11(27)14-7-15(21(30)31)9-16(8-14)24-20(29)19(12(2)28)26-25-18-10-13(22(32)34-3)5-6-17(18)23(33)35-4/h5-10,25H,1-4H3,(H,24,29)(H,30,31)/b26-19-. The number of carboxylic acids is 1. The molecule has 0 saturated carbocycles. The Morgan fingerprint density at radius 3 is 2.00 bits per heavy atom. The van der Waals surface area contributed by atoms with Crippen LogP contribution in [-0.2, 0) is 19.1 Å². The van der Waals surface area contributed by atoms with Crippen molar-refractivity contribution in [3.63, 3.8) is 0 Å². The van der Waals surface area contributed by atoms with E-state index in [2.05, 4.69) is 25.3 Å². The Morgan fingerprint density at radius 2 is 1.46 bits per heavy atom. The quantitative estimate of drug-likeness (QED) is 0.157. The molecule has 0 bridgehead atoms. The average molecular weight is 483 g/mol. The highest BCUT2D eigenvalue weighted by Gasteiger charge is 2.21. The van der Waals surface area contributed by atoms with Crippen LogP contribution in [0, 0.1) is 0 Å². The van der Waals surface area contributed by atoms with Crippen LogP contribution in [0.5, 0.6) is 0 Å². The van der Waals surface area contributed by atoms with Gasteiger partial charge in [-0.3, -0.25) is 19.8 Å². The second-order valence-electron chi connectivity index (χ2n) is 6.99. The van der Waals surface area contributed by atoms with E-state index in [1.807, 2.05) is 0 Å². The molecule has 182 valence electrons. The molecule has 1 amide bonds. The Labute approximate surface area is 198 Å². The number of rotatable bonds is 9. The van der Waals surface area contributed by atoms with Gasteiger partial charge in [-0.25, -0.2) is 14.4 Å². The number of nitrogens with one attached hydrogen (secondary N) is 2. The van der Waals surface area contributed by atoms with Gasteiger partial charge in [0.05, 0.1) is 36.6 Å². The van der Waals surface area contributed by atoms with Crippen LogP contribution in [0.15, 0.2) is 41.5 Å². The number of Topliss-reactive ketones (excluding diaryl/α,β-unsaturated/α-hetero) is 2. The lowest BCUT2D eigenvalue weighted by Gasteiger charge is -2.11. The lowest BCUT2D eigenvalue weighted by atomic mass is 10.1. The molecule has 2 aromatic rings. The third-order valence-electron chi connectivity index (χ3n) is 4.53. The number of anilines is 2. The molecule has 0 unspecified atom stereocenters. The summed E-state index contributed by atoms with van der Waals surface area (Å²) >= 11 is 0. The highest BCUT2D eigenvalue weighted by molar-refractivity contribution is 6.67. The van der Waals surface area contributed by atoms with E-state index in [-0.39, 0.29) is 33.6 Å². The van der Waals surface area contributed by atoms with Crippen molar-refractivity contribution in [3.05, 3.63) is 58.7 Å². The van der Waals surface area contributed by atoms with Gasteiger partial charge in [0.25, 0.3) is 5.91 Å². The normalized spacial score (nSPS) is 10.7. The van der Waals surface area contributed by atoms with E-state index >= 15 is 0 Å². The van der Waals surface area contributed by atoms with Crippen LogP contribution in [0.25, 0.3) is 0 Å². The molecule has 0 aliphatic rings.